The average Bonchev–Trinajstić information content (AvgIpc) is 2.18. The number of hydrogen-bond donors (Lipinski definition) is 2. The van der Waals surface area contributed by atoms with Crippen molar-refractivity contribution < 1.29 is 13.9 Å². The molecule has 0 radical (unpaired) electrons. The van der Waals surface area contributed by atoms with E-state index >= 15 is 0 Å². The maximum absolute atomic E-state index is 13.4. The lowest BCUT2D eigenvalue weighted by molar-refractivity contribution is -0.170. The van der Waals surface area contributed by atoms with Gasteiger partial charge in [-0.25, -0.2) is 8.78 Å². The van der Waals surface area contributed by atoms with Gasteiger partial charge in [-0.15, -0.1) is 0 Å². The topological polar surface area (TPSA) is 46.2 Å². The van der Waals surface area contributed by atoms with Crippen LogP contribution < -0.4 is 5.73 Å². The molecule has 15 heavy (non-hydrogen) atoms. The fourth-order valence-corrected chi connectivity index (χ4v) is 1.92. The molecule has 1 rings (SSSR count). The van der Waals surface area contributed by atoms with Crippen LogP contribution in [0.5, 0.6) is 0 Å². The first-order chi connectivity index (χ1) is 6.83. The third-order valence-corrected chi connectivity index (χ3v) is 3.06. The molecule has 0 fully saturated rings. The van der Waals surface area contributed by atoms with E-state index in [1.54, 1.807) is 18.2 Å². The van der Waals surface area contributed by atoms with Crippen molar-refractivity contribution in [1.29, 1.82) is 0 Å². The summed E-state index contributed by atoms with van der Waals surface area (Å²) in [4.78, 5) is 0. The summed E-state index contributed by atoms with van der Waals surface area (Å²) in [6.45, 7) is 0.154. The third-order valence-electron chi connectivity index (χ3n) is 2.37. The summed E-state index contributed by atoms with van der Waals surface area (Å²) >= 11 is 3.12. The van der Waals surface area contributed by atoms with Gasteiger partial charge in [-0.3, -0.25) is 0 Å². The van der Waals surface area contributed by atoms with Crippen LogP contribution in [0.25, 0.3) is 0 Å². The van der Waals surface area contributed by atoms with Gasteiger partial charge in [0.05, 0.1) is 6.54 Å². The molecule has 1 atom stereocenters. The molecule has 2 nitrogen and oxygen atoms in total. The van der Waals surface area contributed by atoms with Crippen molar-refractivity contribution in [2.24, 2.45) is 5.73 Å². The first-order valence-corrected chi connectivity index (χ1v) is 5.17. The smallest absolute Gasteiger partial charge is 0.291 e. The van der Waals surface area contributed by atoms with E-state index in [0.717, 1.165) is 6.92 Å². The highest BCUT2D eigenvalue weighted by atomic mass is 79.9. The van der Waals surface area contributed by atoms with Gasteiger partial charge >= 0.3 is 0 Å². The van der Waals surface area contributed by atoms with E-state index in [1.807, 2.05) is 0 Å². The monoisotopic (exact) mass is 279 g/mol. The van der Waals surface area contributed by atoms with Gasteiger partial charge in [0.2, 0.25) is 0 Å². The van der Waals surface area contributed by atoms with Crippen molar-refractivity contribution in [2.45, 2.75) is 18.4 Å². The Hall–Kier alpha value is -0.520. The maximum atomic E-state index is 13.4. The summed E-state index contributed by atoms with van der Waals surface area (Å²) in [5, 5.41) is 9.83. The van der Waals surface area contributed by atoms with Gasteiger partial charge < -0.3 is 10.8 Å². The first kappa shape index (κ1) is 12.5. The minimum Gasteiger partial charge on any atom is -0.379 e. The molecule has 0 heterocycles. The molecule has 0 saturated heterocycles. The molecule has 3 N–H and O–H groups in total. The summed E-state index contributed by atoms with van der Waals surface area (Å²) in [5.74, 6) is -3.36. The van der Waals surface area contributed by atoms with Crippen molar-refractivity contribution in [3.63, 3.8) is 0 Å². The Balaban J connectivity index is 3.22. The van der Waals surface area contributed by atoms with Crippen LogP contribution in [0.3, 0.4) is 0 Å². The van der Waals surface area contributed by atoms with Crippen LogP contribution in [0.4, 0.5) is 8.78 Å². The molecule has 0 bridgehead atoms. The van der Waals surface area contributed by atoms with E-state index in [9.17, 15) is 13.9 Å². The van der Waals surface area contributed by atoms with Crippen LogP contribution in [0.1, 0.15) is 12.5 Å². The van der Waals surface area contributed by atoms with Gasteiger partial charge in [0.1, 0.15) is 0 Å². The maximum Gasteiger partial charge on any atom is 0.291 e. The lowest BCUT2D eigenvalue weighted by Gasteiger charge is -2.32. The molecule has 0 amide bonds. The van der Waals surface area contributed by atoms with Gasteiger partial charge in [0.15, 0.2) is 5.60 Å². The number of rotatable bonds is 3. The number of benzene rings is 1. The molecule has 0 aromatic heterocycles. The number of nitrogens with two attached hydrogens (primary N) is 1. The number of alkyl halides is 2. The van der Waals surface area contributed by atoms with Crippen molar-refractivity contribution >= 4 is 15.9 Å². The van der Waals surface area contributed by atoms with E-state index in [0.29, 0.717) is 4.47 Å². The fraction of sp³-hybridized carbons (Fsp3) is 0.400. The van der Waals surface area contributed by atoms with E-state index in [2.05, 4.69) is 15.9 Å². The Morgan fingerprint density at radius 2 is 1.93 bits per heavy atom. The predicted octanol–water partition coefficient (Wildman–Crippen LogP) is 2.25. The molecule has 0 spiro atoms. The zero-order chi connectivity index (χ0) is 11.7. The number of halogens is 3. The highest BCUT2D eigenvalue weighted by molar-refractivity contribution is 9.10. The highest BCUT2D eigenvalue weighted by Crippen LogP contribution is 2.39. The van der Waals surface area contributed by atoms with E-state index < -0.39 is 18.1 Å². The second-order valence-corrected chi connectivity index (χ2v) is 4.31. The molecule has 1 aromatic carbocycles. The Bertz CT molecular complexity index is 355. The molecular formula is C10H12BrF2NO. The quantitative estimate of drug-likeness (QED) is 0.892. The van der Waals surface area contributed by atoms with Crippen LogP contribution in [-0.4, -0.2) is 17.6 Å². The molecule has 0 aliphatic heterocycles. The molecule has 0 aliphatic rings. The summed E-state index contributed by atoms with van der Waals surface area (Å²) in [7, 11) is 0. The van der Waals surface area contributed by atoms with Crippen molar-refractivity contribution in [2.75, 3.05) is 6.54 Å². The molecule has 5 heteroatoms. The van der Waals surface area contributed by atoms with Crippen LogP contribution >= 0.6 is 15.9 Å². The predicted molar refractivity (Wildman–Crippen MR) is 57.7 cm³/mol. The zero-order valence-electron chi connectivity index (χ0n) is 8.17. The van der Waals surface area contributed by atoms with Crippen LogP contribution in [0, 0.1) is 0 Å². The van der Waals surface area contributed by atoms with Gasteiger partial charge in [-0.2, -0.15) is 0 Å². The SMILES string of the molecule is CC(O)(c1ccccc1Br)C(F)(F)CN. The molecule has 0 aliphatic carbocycles. The minimum absolute atomic E-state index is 0.125. The average molecular weight is 280 g/mol. The van der Waals surface area contributed by atoms with Gasteiger partial charge in [0.25, 0.3) is 5.92 Å². The van der Waals surface area contributed by atoms with Crippen molar-refractivity contribution in [3.05, 3.63) is 34.3 Å². The summed E-state index contributed by atoms with van der Waals surface area (Å²) in [6, 6.07) is 6.30. The lowest BCUT2D eigenvalue weighted by atomic mass is 9.89. The Morgan fingerprint density at radius 3 is 2.40 bits per heavy atom. The van der Waals surface area contributed by atoms with E-state index in [4.69, 9.17) is 5.73 Å². The van der Waals surface area contributed by atoms with Gasteiger partial charge in [-0.1, -0.05) is 34.1 Å². The van der Waals surface area contributed by atoms with Gasteiger partial charge in [0, 0.05) is 10.0 Å². The van der Waals surface area contributed by atoms with Crippen LogP contribution in [0.2, 0.25) is 0 Å². The second kappa shape index (κ2) is 4.15. The van der Waals surface area contributed by atoms with Gasteiger partial charge in [-0.05, 0) is 13.0 Å². The van der Waals surface area contributed by atoms with E-state index in [-0.39, 0.29) is 5.56 Å². The first-order valence-electron chi connectivity index (χ1n) is 4.38. The second-order valence-electron chi connectivity index (χ2n) is 3.46. The summed E-state index contributed by atoms with van der Waals surface area (Å²) in [5.41, 5.74) is 2.80. The normalized spacial score (nSPS) is 16.1. The number of hydrogen-bond acceptors (Lipinski definition) is 2. The summed E-state index contributed by atoms with van der Waals surface area (Å²) in [6.07, 6.45) is 0. The molecule has 84 valence electrons. The van der Waals surface area contributed by atoms with Crippen molar-refractivity contribution in [3.8, 4) is 0 Å². The van der Waals surface area contributed by atoms with Crippen molar-refractivity contribution in [1.82, 2.24) is 0 Å². The molecule has 1 unspecified atom stereocenters. The molecule has 1 aromatic rings. The fourth-order valence-electron chi connectivity index (χ4n) is 1.25. The summed E-state index contributed by atoms with van der Waals surface area (Å²) < 4.78 is 27.2. The minimum atomic E-state index is -3.36. The van der Waals surface area contributed by atoms with Crippen LogP contribution in [0.15, 0.2) is 28.7 Å². The molecular weight excluding hydrogens is 268 g/mol. The molecule has 0 saturated carbocycles. The lowest BCUT2D eigenvalue weighted by Crippen LogP contribution is -2.48. The number of aliphatic hydroxyl groups is 1. The van der Waals surface area contributed by atoms with E-state index in [1.165, 1.54) is 6.07 Å². The highest BCUT2D eigenvalue weighted by Gasteiger charge is 2.49. The Morgan fingerprint density at radius 1 is 1.40 bits per heavy atom. The standard InChI is InChI=1S/C10H12BrF2NO/c1-9(15,10(12,13)6-14)7-4-2-3-5-8(7)11/h2-5,15H,6,14H2,1H3. The Labute approximate surface area is 95.2 Å². The van der Waals surface area contributed by atoms with Crippen LogP contribution in [-0.2, 0) is 5.60 Å². The third kappa shape index (κ3) is 2.19. The zero-order valence-corrected chi connectivity index (χ0v) is 9.76. The Kier molecular flexibility index (Phi) is 3.48. The largest absolute Gasteiger partial charge is 0.379 e.